The summed E-state index contributed by atoms with van der Waals surface area (Å²) in [6, 6.07) is 7.20. The summed E-state index contributed by atoms with van der Waals surface area (Å²) in [7, 11) is -4.51. The maximum absolute atomic E-state index is 11.8. The Morgan fingerprint density at radius 2 is 1.32 bits per heavy atom. The number of para-hydroxylation sites is 2. The Bertz CT molecular complexity index is 598. The Balaban J connectivity index is 0.00000312. The van der Waals surface area contributed by atoms with Gasteiger partial charge in [0, 0.05) is 6.42 Å². The van der Waals surface area contributed by atoms with Crippen molar-refractivity contribution in [2.45, 2.75) is 76.1 Å². The zero-order valence-electron chi connectivity index (χ0n) is 15.5. The van der Waals surface area contributed by atoms with Gasteiger partial charge in [-0.3, -0.25) is 0 Å². The van der Waals surface area contributed by atoms with Crippen molar-refractivity contribution in [3.63, 3.8) is 0 Å². The number of nitrogens with one attached hydrogen (secondary N) is 2. The summed E-state index contributed by atoms with van der Waals surface area (Å²) in [6.45, 7) is 2.21. The predicted octanol–water partition coefficient (Wildman–Crippen LogP) is 1.65. The summed E-state index contributed by atoms with van der Waals surface area (Å²) in [5.74, 6) is 0. The fourth-order valence-corrected chi connectivity index (χ4v) is 4.09. The minimum atomic E-state index is -4.51. The predicted molar refractivity (Wildman–Crippen MR) is 98.0 cm³/mol. The van der Waals surface area contributed by atoms with Crippen LogP contribution in [0.2, 0.25) is 0 Å². The summed E-state index contributed by atoms with van der Waals surface area (Å²) < 4.78 is 35.4. The molecule has 1 aliphatic rings. The fraction of sp³-hybridized carbons (Fsp3) is 0.667. The van der Waals surface area contributed by atoms with E-state index in [1.165, 1.54) is 38.5 Å². The van der Waals surface area contributed by atoms with Crippen LogP contribution in [0.5, 0.6) is 0 Å². The maximum atomic E-state index is 11.8. The summed E-state index contributed by atoms with van der Waals surface area (Å²) in [4.78, 5) is -1.60. The Labute approximate surface area is 194 Å². The second-order valence-corrected chi connectivity index (χ2v) is 8.26. The van der Waals surface area contributed by atoms with Crippen molar-refractivity contribution < 1.29 is 64.4 Å². The molecule has 1 aromatic carbocycles. The first-order valence-electron chi connectivity index (χ1n) is 9.09. The van der Waals surface area contributed by atoms with Crippen LogP contribution >= 0.6 is 0 Å². The second-order valence-electron chi connectivity index (χ2n) is 6.66. The van der Waals surface area contributed by atoms with Crippen molar-refractivity contribution in [1.82, 2.24) is 0 Å². The topological polar surface area (TPSA) is 81.3 Å². The molecule has 1 aliphatic heterocycles. The van der Waals surface area contributed by atoms with Gasteiger partial charge in [-0.05, 0) is 18.6 Å². The monoisotopic (exact) mass is 392 g/mol. The van der Waals surface area contributed by atoms with Gasteiger partial charge in [0.1, 0.15) is 10.1 Å². The average molecular weight is 393 g/mol. The molecular weight excluding hydrogens is 363 g/mol. The largest absolute Gasteiger partial charge is 1.00 e. The molecule has 0 amide bonds. The molecule has 7 heteroatoms. The van der Waals surface area contributed by atoms with Gasteiger partial charge in [-0.25, -0.2) is 8.42 Å². The zero-order chi connectivity index (χ0) is 17.5. The number of benzene rings is 1. The van der Waals surface area contributed by atoms with Gasteiger partial charge in [0.25, 0.3) is 0 Å². The third-order valence-corrected chi connectivity index (χ3v) is 5.92. The standard InChI is InChI=1S/C18H30N2O3S.K/c1-2-3-4-5-6-7-8-9-12-15-18(24(21,22)23)19-16-13-10-11-14-17(16)20-18;/h10-11,13-14,19-20H,2-9,12,15H2,1H3,(H,21,22,23);/q;+1/p-1. The quantitative estimate of drug-likeness (QED) is 0.340. The van der Waals surface area contributed by atoms with Gasteiger partial charge in [-0.1, -0.05) is 70.4 Å². The number of rotatable bonds is 11. The molecule has 0 atom stereocenters. The Hall–Kier alpha value is 0.366. The molecule has 5 nitrogen and oxygen atoms in total. The molecule has 0 radical (unpaired) electrons. The molecule has 0 saturated heterocycles. The van der Waals surface area contributed by atoms with E-state index in [1.54, 1.807) is 12.1 Å². The van der Waals surface area contributed by atoms with Gasteiger partial charge in [-0.15, -0.1) is 0 Å². The molecule has 136 valence electrons. The van der Waals surface area contributed by atoms with E-state index in [0.29, 0.717) is 17.8 Å². The van der Waals surface area contributed by atoms with Crippen LogP contribution in [-0.2, 0) is 10.1 Å². The normalized spacial score (nSPS) is 15.0. The number of hydrogen-bond donors (Lipinski definition) is 2. The van der Waals surface area contributed by atoms with E-state index in [2.05, 4.69) is 17.6 Å². The molecule has 0 fully saturated rings. The molecule has 0 aromatic heterocycles. The third kappa shape index (κ3) is 6.79. The fourth-order valence-electron chi connectivity index (χ4n) is 3.23. The number of unbranched alkanes of at least 4 members (excludes halogenated alkanes) is 8. The first-order valence-corrected chi connectivity index (χ1v) is 10.5. The maximum Gasteiger partial charge on any atom is 1.00 e. The van der Waals surface area contributed by atoms with Gasteiger partial charge in [0.2, 0.25) is 4.99 Å². The molecule has 2 rings (SSSR count). The van der Waals surface area contributed by atoms with Crippen LogP contribution < -0.4 is 62.0 Å². The molecule has 1 heterocycles. The van der Waals surface area contributed by atoms with Crippen molar-refractivity contribution in [3.8, 4) is 0 Å². The van der Waals surface area contributed by atoms with Crippen LogP contribution in [0.1, 0.15) is 71.1 Å². The van der Waals surface area contributed by atoms with E-state index < -0.39 is 15.1 Å². The van der Waals surface area contributed by atoms with Crippen molar-refractivity contribution in [2.24, 2.45) is 0 Å². The van der Waals surface area contributed by atoms with Crippen LogP contribution in [0.3, 0.4) is 0 Å². The van der Waals surface area contributed by atoms with Gasteiger partial charge >= 0.3 is 51.4 Å². The smallest absolute Gasteiger partial charge is 0.745 e. The van der Waals surface area contributed by atoms with Gasteiger partial charge in [0.05, 0.1) is 11.4 Å². The van der Waals surface area contributed by atoms with Crippen molar-refractivity contribution in [3.05, 3.63) is 24.3 Å². The van der Waals surface area contributed by atoms with Gasteiger partial charge < -0.3 is 15.2 Å². The van der Waals surface area contributed by atoms with Crippen LogP contribution in [-0.4, -0.2) is 18.0 Å². The summed E-state index contributed by atoms with van der Waals surface area (Å²) in [6.07, 6.45) is 10.6. The molecule has 0 aliphatic carbocycles. The molecule has 2 N–H and O–H groups in total. The molecule has 0 bridgehead atoms. The number of hydrogen-bond acceptors (Lipinski definition) is 5. The summed E-state index contributed by atoms with van der Waals surface area (Å²) >= 11 is 0. The number of fused-ring (bicyclic) bond motifs is 1. The minimum Gasteiger partial charge on any atom is -0.745 e. The molecular formula is C18H29KN2O3S. The van der Waals surface area contributed by atoms with E-state index in [-0.39, 0.29) is 57.8 Å². The van der Waals surface area contributed by atoms with E-state index >= 15 is 0 Å². The third-order valence-electron chi connectivity index (χ3n) is 4.66. The first kappa shape index (κ1) is 23.4. The average Bonchev–Trinajstić information content (AvgIpc) is 2.93. The Morgan fingerprint density at radius 1 is 0.880 bits per heavy atom. The zero-order valence-corrected chi connectivity index (χ0v) is 19.5. The van der Waals surface area contributed by atoms with Crippen LogP contribution in [0, 0.1) is 0 Å². The Kier molecular flexibility index (Phi) is 10.5. The Morgan fingerprint density at radius 3 is 1.76 bits per heavy atom. The van der Waals surface area contributed by atoms with E-state index in [1.807, 2.05) is 12.1 Å². The van der Waals surface area contributed by atoms with Crippen molar-refractivity contribution >= 4 is 21.5 Å². The van der Waals surface area contributed by atoms with E-state index in [0.717, 1.165) is 12.8 Å². The molecule has 0 unspecified atom stereocenters. The van der Waals surface area contributed by atoms with Crippen LogP contribution in [0.15, 0.2) is 24.3 Å². The van der Waals surface area contributed by atoms with Crippen LogP contribution in [0.25, 0.3) is 0 Å². The second kappa shape index (κ2) is 11.3. The van der Waals surface area contributed by atoms with Crippen molar-refractivity contribution in [1.29, 1.82) is 0 Å². The summed E-state index contributed by atoms with van der Waals surface area (Å²) in [5, 5.41) is 5.80. The molecule has 1 aromatic rings. The summed E-state index contributed by atoms with van der Waals surface area (Å²) in [5.41, 5.74) is 1.35. The van der Waals surface area contributed by atoms with E-state index in [9.17, 15) is 13.0 Å². The molecule has 0 spiro atoms. The SMILES string of the molecule is CCCCCCCCCCCC1(S(=O)(=O)[O-])Nc2ccccc2N1.[K+]. The molecule has 0 saturated carbocycles. The van der Waals surface area contributed by atoms with Gasteiger partial charge in [0.15, 0.2) is 0 Å². The van der Waals surface area contributed by atoms with E-state index in [4.69, 9.17) is 0 Å². The minimum absolute atomic E-state index is 0. The number of anilines is 2. The van der Waals surface area contributed by atoms with Gasteiger partial charge in [-0.2, -0.15) is 0 Å². The molecule has 25 heavy (non-hydrogen) atoms. The van der Waals surface area contributed by atoms with Crippen molar-refractivity contribution in [2.75, 3.05) is 10.6 Å². The first-order chi connectivity index (χ1) is 11.5. The van der Waals surface area contributed by atoms with Crippen LogP contribution in [0.4, 0.5) is 11.4 Å².